The Balaban J connectivity index is 2.01. The smallest absolute Gasteiger partial charge is 0.0587 e. The molecule has 3 nitrogen and oxygen atoms in total. The van der Waals surface area contributed by atoms with E-state index in [2.05, 4.69) is 42.3 Å². The van der Waals surface area contributed by atoms with Crippen molar-refractivity contribution in [3.8, 4) is 0 Å². The van der Waals surface area contributed by atoms with Crippen LogP contribution in [0.3, 0.4) is 0 Å². The van der Waals surface area contributed by atoms with Crippen molar-refractivity contribution < 1.29 is 4.74 Å². The number of hydrogen-bond acceptors (Lipinski definition) is 3. The molecule has 1 aromatic carbocycles. The molecule has 0 bridgehead atoms. The lowest BCUT2D eigenvalue weighted by molar-refractivity contribution is 0.199. The van der Waals surface area contributed by atoms with Gasteiger partial charge < -0.3 is 15.0 Å². The lowest BCUT2D eigenvalue weighted by Crippen LogP contribution is -2.24. The molecule has 0 saturated carbocycles. The van der Waals surface area contributed by atoms with Crippen LogP contribution in [0.15, 0.2) is 18.2 Å². The van der Waals surface area contributed by atoms with E-state index in [9.17, 15) is 0 Å². The third kappa shape index (κ3) is 4.72. The van der Waals surface area contributed by atoms with Gasteiger partial charge in [0.15, 0.2) is 0 Å². The summed E-state index contributed by atoms with van der Waals surface area (Å²) in [7, 11) is 1.75. The van der Waals surface area contributed by atoms with Gasteiger partial charge in [0.25, 0.3) is 0 Å². The van der Waals surface area contributed by atoms with Crippen molar-refractivity contribution in [2.75, 3.05) is 38.3 Å². The van der Waals surface area contributed by atoms with Crippen LogP contribution in [0.1, 0.15) is 37.3 Å². The van der Waals surface area contributed by atoms with Crippen LogP contribution in [0.4, 0.5) is 5.69 Å². The number of methoxy groups -OCH3 is 1. The van der Waals surface area contributed by atoms with Gasteiger partial charge in [0.2, 0.25) is 0 Å². The highest BCUT2D eigenvalue weighted by Crippen LogP contribution is 2.29. The zero-order chi connectivity index (χ0) is 15.1. The molecule has 1 N–H and O–H groups in total. The first-order chi connectivity index (χ1) is 10.2. The van der Waals surface area contributed by atoms with E-state index in [4.69, 9.17) is 4.74 Å². The second kappa shape index (κ2) is 8.40. The Labute approximate surface area is 129 Å². The molecule has 1 aromatic rings. The molecule has 1 aliphatic heterocycles. The van der Waals surface area contributed by atoms with Crippen LogP contribution in [0.25, 0.3) is 0 Å². The van der Waals surface area contributed by atoms with Gasteiger partial charge in [0.1, 0.15) is 0 Å². The zero-order valence-electron chi connectivity index (χ0n) is 13.8. The van der Waals surface area contributed by atoms with Crippen LogP contribution in [0.2, 0.25) is 0 Å². The van der Waals surface area contributed by atoms with Gasteiger partial charge in [-0.05, 0) is 37.3 Å². The molecule has 1 heterocycles. The molecule has 2 rings (SSSR count). The monoisotopic (exact) mass is 290 g/mol. The summed E-state index contributed by atoms with van der Waals surface area (Å²) in [6.07, 6.45) is 4.01. The molecule has 0 aromatic heterocycles. The number of benzene rings is 1. The van der Waals surface area contributed by atoms with Gasteiger partial charge in [-0.3, -0.25) is 0 Å². The topological polar surface area (TPSA) is 24.5 Å². The summed E-state index contributed by atoms with van der Waals surface area (Å²) >= 11 is 0. The van der Waals surface area contributed by atoms with E-state index in [0.29, 0.717) is 0 Å². The molecule has 1 atom stereocenters. The van der Waals surface area contributed by atoms with E-state index in [0.717, 1.165) is 25.6 Å². The molecular weight excluding hydrogens is 260 g/mol. The summed E-state index contributed by atoms with van der Waals surface area (Å²) in [6, 6.07) is 6.86. The summed E-state index contributed by atoms with van der Waals surface area (Å²) < 4.78 is 5.10. The largest absolute Gasteiger partial charge is 0.383 e. The maximum Gasteiger partial charge on any atom is 0.0587 e. The van der Waals surface area contributed by atoms with Gasteiger partial charge >= 0.3 is 0 Å². The molecule has 118 valence electrons. The second-order valence-corrected chi connectivity index (χ2v) is 6.19. The Morgan fingerprint density at radius 1 is 1.38 bits per heavy atom. The molecule has 3 heteroatoms. The van der Waals surface area contributed by atoms with Gasteiger partial charge in [-0.1, -0.05) is 31.0 Å². The third-order valence-electron chi connectivity index (χ3n) is 4.36. The van der Waals surface area contributed by atoms with Crippen molar-refractivity contribution in [1.29, 1.82) is 0 Å². The van der Waals surface area contributed by atoms with Gasteiger partial charge in [-0.2, -0.15) is 0 Å². The molecular formula is C18H30N2O. The summed E-state index contributed by atoms with van der Waals surface area (Å²) in [5.74, 6) is 0.880. The molecule has 1 fully saturated rings. The lowest BCUT2D eigenvalue weighted by atomic mass is 10.0. The number of nitrogens with zero attached hydrogens (tertiary/aromatic N) is 1. The predicted molar refractivity (Wildman–Crippen MR) is 90.0 cm³/mol. The average Bonchev–Trinajstić information content (AvgIpc) is 2.93. The van der Waals surface area contributed by atoms with Crippen molar-refractivity contribution >= 4 is 5.69 Å². The molecule has 0 amide bonds. The van der Waals surface area contributed by atoms with Gasteiger partial charge in [0, 0.05) is 39.0 Å². The first-order valence-electron chi connectivity index (χ1n) is 8.28. The fraction of sp³-hybridized carbons (Fsp3) is 0.667. The predicted octanol–water partition coefficient (Wildman–Crippen LogP) is 3.36. The van der Waals surface area contributed by atoms with Crippen LogP contribution in [0, 0.1) is 12.8 Å². The Morgan fingerprint density at radius 2 is 2.24 bits per heavy atom. The molecule has 0 spiro atoms. The van der Waals surface area contributed by atoms with Crippen molar-refractivity contribution in [3.63, 3.8) is 0 Å². The highest BCUT2D eigenvalue weighted by Gasteiger charge is 2.23. The van der Waals surface area contributed by atoms with Crippen LogP contribution in [0.5, 0.6) is 0 Å². The summed E-state index contributed by atoms with van der Waals surface area (Å²) in [4.78, 5) is 2.58. The van der Waals surface area contributed by atoms with E-state index in [1.54, 1.807) is 7.11 Å². The number of anilines is 1. The second-order valence-electron chi connectivity index (χ2n) is 6.19. The van der Waals surface area contributed by atoms with Crippen LogP contribution in [-0.2, 0) is 11.3 Å². The Bertz CT molecular complexity index is 433. The summed E-state index contributed by atoms with van der Waals surface area (Å²) in [5, 5.41) is 3.48. The molecule has 1 aliphatic rings. The minimum atomic E-state index is 0.767. The summed E-state index contributed by atoms with van der Waals surface area (Å²) in [6.45, 7) is 9.49. The van der Waals surface area contributed by atoms with Crippen LogP contribution >= 0.6 is 0 Å². The average molecular weight is 290 g/mol. The number of ether oxygens (including phenoxy) is 1. The molecule has 0 radical (unpaired) electrons. The quantitative estimate of drug-likeness (QED) is 0.743. The SMILES string of the molecule is CCCC1CCN(c2ccc(C)cc2CNCCOC)C1. The van der Waals surface area contributed by atoms with E-state index in [-0.39, 0.29) is 0 Å². The first kappa shape index (κ1) is 16.3. The minimum Gasteiger partial charge on any atom is -0.383 e. The maximum atomic E-state index is 5.10. The van der Waals surface area contributed by atoms with Gasteiger partial charge in [-0.25, -0.2) is 0 Å². The van der Waals surface area contributed by atoms with Gasteiger partial charge in [0.05, 0.1) is 6.61 Å². The highest BCUT2D eigenvalue weighted by molar-refractivity contribution is 5.55. The number of rotatable bonds is 8. The van der Waals surface area contributed by atoms with Crippen molar-refractivity contribution in [2.45, 2.75) is 39.7 Å². The number of nitrogens with one attached hydrogen (secondary N) is 1. The molecule has 21 heavy (non-hydrogen) atoms. The van der Waals surface area contributed by atoms with E-state index < -0.39 is 0 Å². The molecule has 1 unspecified atom stereocenters. The summed E-state index contributed by atoms with van der Waals surface area (Å²) in [5.41, 5.74) is 4.18. The third-order valence-corrected chi connectivity index (χ3v) is 4.36. The van der Waals surface area contributed by atoms with Crippen molar-refractivity contribution in [3.05, 3.63) is 29.3 Å². The Kier molecular flexibility index (Phi) is 6.52. The van der Waals surface area contributed by atoms with E-state index in [1.807, 2.05) is 0 Å². The molecule has 1 saturated heterocycles. The Morgan fingerprint density at radius 3 is 3.00 bits per heavy atom. The Hall–Kier alpha value is -1.06. The maximum absolute atomic E-state index is 5.10. The highest BCUT2D eigenvalue weighted by atomic mass is 16.5. The standard InChI is InChI=1S/C18H30N2O/c1-4-5-16-8-10-20(14-16)18-7-6-15(2)12-17(18)13-19-9-11-21-3/h6-7,12,16,19H,4-5,8-11,13-14H2,1-3H3. The first-order valence-corrected chi connectivity index (χ1v) is 8.28. The van der Waals surface area contributed by atoms with Gasteiger partial charge in [-0.15, -0.1) is 0 Å². The lowest BCUT2D eigenvalue weighted by Gasteiger charge is -2.23. The fourth-order valence-corrected chi connectivity index (χ4v) is 3.26. The van der Waals surface area contributed by atoms with Crippen molar-refractivity contribution in [2.24, 2.45) is 5.92 Å². The van der Waals surface area contributed by atoms with Crippen molar-refractivity contribution in [1.82, 2.24) is 5.32 Å². The molecule has 0 aliphatic carbocycles. The fourth-order valence-electron chi connectivity index (χ4n) is 3.26. The normalized spacial score (nSPS) is 18.4. The zero-order valence-corrected chi connectivity index (χ0v) is 13.8. The minimum absolute atomic E-state index is 0.767. The number of aryl methyl sites for hydroxylation is 1. The van der Waals surface area contributed by atoms with E-state index >= 15 is 0 Å². The van der Waals surface area contributed by atoms with Crippen LogP contribution in [-0.4, -0.2) is 33.4 Å². The van der Waals surface area contributed by atoms with E-state index in [1.165, 1.54) is 49.2 Å². The number of hydrogen-bond donors (Lipinski definition) is 1. The van der Waals surface area contributed by atoms with Crippen LogP contribution < -0.4 is 10.2 Å².